The summed E-state index contributed by atoms with van der Waals surface area (Å²) in [6, 6.07) is 6.65. The lowest BCUT2D eigenvalue weighted by atomic mass is 10.2. The molecule has 90 valence electrons. The van der Waals surface area contributed by atoms with E-state index in [0.29, 0.717) is 6.04 Å². The van der Waals surface area contributed by atoms with E-state index in [2.05, 4.69) is 65.2 Å². The summed E-state index contributed by atoms with van der Waals surface area (Å²) in [4.78, 5) is 4.33. The third-order valence-electron chi connectivity index (χ3n) is 2.42. The SMILES string of the molecule is Cc1ccc(-n2ccnc2NC(C)C)c(Br)c1. The molecule has 2 rings (SSSR count). The number of benzene rings is 1. The normalized spacial score (nSPS) is 10.9. The van der Waals surface area contributed by atoms with E-state index in [9.17, 15) is 0 Å². The summed E-state index contributed by atoms with van der Waals surface area (Å²) in [5.74, 6) is 0.865. The molecule has 0 saturated carbocycles. The summed E-state index contributed by atoms with van der Waals surface area (Å²) in [6.45, 7) is 6.28. The first-order chi connectivity index (χ1) is 8.08. The van der Waals surface area contributed by atoms with E-state index in [-0.39, 0.29) is 0 Å². The van der Waals surface area contributed by atoms with E-state index in [0.717, 1.165) is 16.1 Å². The second-order valence-electron chi connectivity index (χ2n) is 4.37. The van der Waals surface area contributed by atoms with Gasteiger partial charge in [0, 0.05) is 22.9 Å². The van der Waals surface area contributed by atoms with Gasteiger partial charge in [-0.2, -0.15) is 0 Å². The maximum atomic E-state index is 4.33. The van der Waals surface area contributed by atoms with Gasteiger partial charge in [0.2, 0.25) is 5.95 Å². The van der Waals surface area contributed by atoms with E-state index in [4.69, 9.17) is 0 Å². The van der Waals surface area contributed by atoms with Crippen molar-refractivity contribution in [3.63, 3.8) is 0 Å². The zero-order chi connectivity index (χ0) is 12.4. The van der Waals surface area contributed by atoms with Gasteiger partial charge in [0.25, 0.3) is 0 Å². The molecule has 0 atom stereocenters. The average molecular weight is 294 g/mol. The fourth-order valence-electron chi connectivity index (χ4n) is 1.67. The fraction of sp³-hybridized carbons (Fsp3) is 0.308. The molecule has 0 aliphatic carbocycles. The van der Waals surface area contributed by atoms with Crippen LogP contribution in [0.2, 0.25) is 0 Å². The predicted octanol–water partition coefficient (Wildman–Crippen LogP) is 3.76. The molecule has 0 amide bonds. The highest BCUT2D eigenvalue weighted by Crippen LogP contribution is 2.25. The van der Waals surface area contributed by atoms with Crippen LogP contribution in [0.15, 0.2) is 35.1 Å². The number of nitrogens with zero attached hydrogens (tertiary/aromatic N) is 2. The number of imidazole rings is 1. The van der Waals surface area contributed by atoms with Crippen LogP contribution in [0.4, 0.5) is 5.95 Å². The van der Waals surface area contributed by atoms with Gasteiger partial charge in [-0.05, 0) is 54.4 Å². The summed E-state index contributed by atoms with van der Waals surface area (Å²) >= 11 is 3.59. The number of hydrogen-bond donors (Lipinski definition) is 1. The fourth-order valence-corrected chi connectivity index (χ4v) is 2.35. The highest BCUT2D eigenvalue weighted by molar-refractivity contribution is 9.10. The van der Waals surface area contributed by atoms with Crippen molar-refractivity contribution < 1.29 is 0 Å². The van der Waals surface area contributed by atoms with E-state index in [1.165, 1.54) is 5.56 Å². The Morgan fingerprint density at radius 1 is 1.35 bits per heavy atom. The van der Waals surface area contributed by atoms with Crippen LogP contribution in [0.25, 0.3) is 5.69 Å². The largest absolute Gasteiger partial charge is 0.353 e. The molecule has 1 aromatic carbocycles. The Labute approximate surface area is 110 Å². The number of rotatable bonds is 3. The number of hydrogen-bond acceptors (Lipinski definition) is 2. The lowest BCUT2D eigenvalue weighted by Gasteiger charge is -2.13. The number of anilines is 1. The molecule has 1 N–H and O–H groups in total. The minimum Gasteiger partial charge on any atom is -0.353 e. The van der Waals surface area contributed by atoms with Gasteiger partial charge in [0.1, 0.15) is 0 Å². The van der Waals surface area contributed by atoms with Crippen LogP contribution in [0.1, 0.15) is 19.4 Å². The Kier molecular flexibility index (Phi) is 3.52. The minimum atomic E-state index is 0.361. The molecule has 0 aliphatic heterocycles. The third kappa shape index (κ3) is 2.69. The minimum absolute atomic E-state index is 0.361. The van der Waals surface area contributed by atoms with Gasteiger partial charge in [0.15, 0.2) is 0 Å². The van der Waals surface area contributed by atoms with Crippen molar-refractivity contribution in [2.75, 3.05) is 5.32 Å². The summed E-state index contributed by atoms with van der Waals surface area (Å²) in [7, 11) is 0. The molecule has 1 heterocycles. The maximum absolute atomic E-state index is 4.33. The maximum Gasteiger partial charge on any atom is 0.207 e. The molecule has 17 heavy (non-hydrogen) atoms. The molecule has 0 spiro atoms. The van der Waals surface area contributed by atoms with Crippen molar-refractivity contribution in [2.24, 2.45) is 0 Å². The van der Waals surface area contributed by atoms with E-state index in [1.54, 1.807) is 6.20 Å². The molecule has 0 aliphatic rings. The first kappa shape index (κ1) is 12.2. The lowest BCUT2D eigenvalue weighted by molar-refractivity contribution is 0.863. The van der Waals surface area contributed by atoms with Gasteiger partial charge in [-0.25, -0.2) is 4.98 Å². The molecule has 0 unspecified atom stereocenters. The Bertz CT molecular complexity index is 517. The highest BCUT2D eigenvalue weighted by atomic mass is 79.9. The van der Waals surface area contributed by atoms with E-state index in [1.807, 2.05) is 10.8 Å². The van der Waals surface area contributed by atoms with Gasteiger partial charge in [-0.15, -0.1) is 0 Å². The molecule has 4 heteroatoms. The molecular weight excluding hydrogens is 278 g/mol. The Balaban J connectivity index is 2.42. The van der Waals surface area contributed by atoms with Crippen molar-refractivity contribution in [3.8, 4) is 5.69 Å². The molecule has 0 radical (unpaired) electrons. The topological polar surface area (TPSA) is 29.9 Å². The summed E-state index contributed by atoms with van der Waals surface area (Å²) in [5.41, 5.74) is 2.33. The zero-order valence-corrected chi connectivity index (χ0v) is 11.8. The van der Waals surface area contributed by atoms with Crippen LogP contribution in [-0.4, -0.2) is 15.6 Å². The van der Waals surface area contributed by atoms with Crippen molar-refractivity contribution >= 4 is 21.9 Å². The Morgan fingerprint density at radius 2 is 2.12 bits per heavy atom. The number of halogens is 1. The van der Waals surface area contributed by atoms with Gasteiger partial charge < -0.3 is 5.32 Å². The molecule has 0 fully saturated rings. The summed E-state index contributed by atoms with van der Waals surface area (Å²) < 4.78 is 3.12. The monoisotopic (exact) mass is 293 g/mol. The van der Waals surface area contributed by atoms with Crippen LogP contribution in [-0.2, 0) is 0 Å². The smallest absolute Gasteiger partial charge is 0.207 e. The molecule has 0 saturated heterocycles. The quantitative estimate of drug-likeness (QED) is 0.934. The summed E-state index contributed by atoms with van der Waals surface area (Å²) in [5, 5.41) is 3.32. The van der Waals surface area contributed by atoms with Gasteiger partial charge in [-0.3, -0.25) is 4.57 Å². The van der Waals surface area contributed by atoms with Crippen LogP contribution in [0, 0.1) is 6.92 Å². The van der Waals surface area contributed by atoms with Crippen LogP contribution < -0.4 is 5.32 Å². The van der Waals surface area contributed by atoms with Crippen LogP contribution in [0.5, 0.6) is 0 Å². The first-order valence-corrected chi connectivity index (χ1v) is 6.43. The number of aryl methyl sites for hydroxylation is 1. The Morgan fingerprint density at radius 3 is 2.76 bits per heavy atom. The van der Waals surface area contributed by atoms with Crippen molar-refractivity contribution in [1.29, 1.82) is 0 Å². The van der Waals surface area contributed by atoms with Crippen molar-refractivity contribution in [2.45, 2.75) is 26.8 Å². The highest BCUT2D eigenvalue weighted by Gasteiger charge is 2.08. The average Bonchev–Trinajstić information content (AvgIpc) is 2.65. The second kappa shape index (κ2) is 4.92. The van der Waals surface area contributed by atoms with Crippen molar-refractivity contribution in [1.82, 2.24) is 9.55 Å². The number of aromatic nitrogens is 2. The molecule has 2 aromatic rings. The standard InChI is InChI=1S/C13H16BrN3/c1-9(2)16-13-15-6-7-17(13)12-5-4-10(3)8-11(12)14/h4-9H,1-3H3,(H,15,16). The van der Waals surface area contributed by atoms with Gasteiger partial charge >= 0.3 is 0 Å². The zero-order valence-electron chi connectivity index (χ0n) is 10.2. The predicted molar refractivity (Wildman–Crippen MR) is 74.8 cm³/mol. The van der Waals surface area contributed by atoms with Crippen LogP contribution in [0.3, 0.4) is 0 Å². The Hall–Kier alpha value is -1.29. The lowest BCUT2D eigenvalue weighted by Crippen LogP contribution is -2.14. The molecule has 3 nitrogen and oxygen atoms in total. The van der Waals surface area contributed by atoms with E-state index >= 15 is 0 Å². The second-order valence-corrected chi connectivity index (χ2v) is 5.23. The molecular formula is C13H16BrN3. The van der Waals surface area contributed by atoms with Crippen molar-refractivity contribution in [3.05, 3.63) is 40.6 Å². The molecule has 0 bridgehead atoms. The third-order valence-corrected chi connectivity index (χ3v) is 3.06. The van der Waals surface area contributed by atoms with E-state index < -0.39 is 0 Å². The first-order valence-electron chi connectivity index (χ1n) is 5.64. The number of nitrogens with one attached hydrogen (secondary N) is 1. The van der Waals surface area contributed by atoms with Crippen LogP contribution >= 0.6 is 15.9 Å². The molecule has 1 aromatic heterocycles. The van der Waals surface area contributed by atoms with Gasteiger partial charge in [0.05, 0.1) is 5.69 Å². The summed E-state index contributed by atoms with van der Waals surface area (Å²) in [6.07, 6.45) is 3.76. The van der Waals surface area contributed by atoms with Gasteiger partial charge in [-0.1, -0.05) is 6.07 Å².